The summed E-state index contributed by atoms with van der Waals surface area (Å²) < 4.78 is 15.8. The van der Waals surface area contributed by atoms with E-state index in [1.54, 1.807) is 21.3 Å². The monoisotopic (exact) mass is 296 g/mol. The molecule has 0 bridgehead atoms. The maximum atomic E-state index is 6.34. The van der Waals surface area contributed by atoms with Crippen molar-refractivity contribution < 1.29 is 14.2 Å². The maximum Gasteiger partial charge on any atom is 0.161 e. The van der Waals surface area contributed by atoms with Crippen molar-refractivity contribution in [2.24, 2.45) is 5.73 Å². The molecule has 0 heterocycles. The molecule has 0 amide bonds. The van der Waals surface area contributed by atoms with Gasteiger partial charge in [0.1, 0.15) is 0 Å². The Morgan fingerprint density at radius 2 is 1.81 bits per heavy atom. The minimum absolute atomic E-state index is 0.0796. The van der Waals surface area contributed by atoms with Crippen LogP contribution in [0.3, 0.4) is 0 Å². The van der Waals surface area contributed by atoms with E-state index in [2.05, 4.69) is 18.7 Å². The molecule has 0 aliphatic heterocycles. The van der Waals surface area contributed by atoms with E-state index >= 15 is 0 Å². The largest absolute Gasteiger partial charge is 0.493 e. The van der Waals surface area contributed by atoms with Gasteiger partial charge in [0, 0.05) is 25.7 Å². The van der Waals surface area contributed by atoms with Crippen molar-refractivity contribution in [3.63, 3.8) is 0 Å². The molecular weight excluding hydrogens is 268 g/mol. The molecular formula is C16H28N2O3. The summed E-state index contributed by atoms with van der Waals surface area (Å²) in [6.07, 6.45) is 0. The van der Waals surface area contributed by atoms with E-state index in [9.17, 15) is 0 Å². The molecule has 1 aromatic carbocycles. The molecule has 0 aliphatic carbocycles. The minimum Gasteiger partial charge on any atom is -0.493 e. The molecule has 0 aliphatic rings. The number of nitrogens with zero attached hydrogens (tertiary/aromatic N) is 1. The third-order valence-corrected chi connectivity index (χ3v) is 3.70. The fourth-order valence-corrected chi connectivity index (χ4v) is 2.41. The fraction of sp³-hybridized carbons (Fsp3) is 0.625. The fourth-order valence-electron chi connectivity index (χ4n) is 2.41. The van der Waals surface area contributed by atoms with Crippen molar-refractivity contribution in [2.45, 2.75) is 25.9 Å². The van der Waals surface area contributed by atoms with Gasteiger partial charge < -0.3 is 19.9 Å². The van der Waals surface area contributed by atoms with Crippen molar-refractivity contribution in [1.29, 1.82) is 0 Å². The van der Waals surface area contributed by atoms with Crippen molar-refractivity contribution in [1.82, 2.24) is 4.90 Å². The molecule has 5 heteroatoms. The van der Waals surface area contributed by atoms with E-state index < -0.39 is 0 Å². The van der Waals surface area contributed by atoms with Crippen LogP contribution in [0.4, 0.5) is 0 Å². The van der Waals surface area contributed by atoms with Crippen LogP contribution in [-0.4, -0.2) is 52.0 Å². The molecule has 1 rings (SSSR count). The van der Waals surface area contributed by atoms with Gasteiger partial charge in [-0.2, -0.15) is 0 Å². The van der Waals surface area contributed by atoms with Gasteiger partial charge in [0.2, 0.25) is 0 Å². The highest BCUT2D eigenvalue weighted by Gasteiger charge is 2.17. The van der Waals surface area contributed by atoms with Gasteiger partial charge in [-0.1, -0.05) is 13.0 Å². The number of likely N-dealkylation sites (N-methyl/N-ethyl adjacent to an activating group) is 1. The van der Waals surface area contributed by atoms with E-state index in [1.807, 2.05) is 18.2 Å². The highest BCUT2D eigenvalue weighted by atomic mass is 16.5. The van der Waals surface area contributed by atoms with Gasteiger partial charge in [0.05, 0.1) is 20.8 Å². The molecule has 0 spiro atoms. The summed E-state index contributed by atoms with van der Waals surface area (Å²) in [4.78, 5) is 2.31. The number of benzene rings is 1. The van der Waals surface area contributed by atoms with Crippen LogP contribution in [0.15, 0.2) is 18.2 Å². The SMILES string of the molecule is CCN(CC(N)c1ccc(OC)c(OC)c1)C(C)COC. The number of rotatable bonds is 9. The van der Waals surface area contributed by atoms with Gasteiger partial charge in [0.25, 0.3) is 0 Å². The van der Waals surface area contributed by atoms with Gasteiger partial charge in [-0.3, -0.25) is 4.90 Å². The Bertz CT molecular complexity index is 426. The molecule has 0 radical (unpaired) electrons. The Hall–Kier alpha value is -1.30. The normalized spacial score (nSPS) is 14.0. The van der Waals surface area contributed by atoms with E-state index in [4.69, 9.17) is 19.9 Å². The Morgan fingerprint density at radius 3 is 2.33 bits per heavy atom. The molecule has 2 atom stereocenters. The molecule has 21 heavy (non-hydrogen) atoms. The lowest BCUT2D eigenvalue weighted by Gasteiger charge is -2.30. The van der Waals surface area contributed by atoms with Gasteiger partial charge >= 0.3 is 0 Å². The molecule has 120 valence electrons. The third-order valence-electron chi connectivity index (χ3n) is 3.70. The van der Waals surface area contributed by atoms with Crippen LogP contribution >= 0.6 is 0 Å². The number of hydrogen-bond acceptors (Lipinski definition) is 5. The van der Waals surface area contributed by atoms with Gasteiger partial charge in [-0.05, 0) is 31.2 Å². The van der Waals surface area contributed by atoms with E-state index in [0.29, 0.717) is 24.1 Å². The molecule has 2 unspecified atom stereocenters. The van der Waals surface area contributed by atoms with Crippen LogP contribution < -0.4 is 15.2 Å². The minimum atomic E-state index is -0.0796. The number of methoxy groups -OCH3 is 3. The second-order valence-electron chi connectivity index (χ2n) is 5.11. The van der Waals surface area contributed by atoms with E-state index in [1.165, 1.54) is 0 Å². The van der Waals surface area contributed by atoms with E-state index in [-0.39, 0.29) is 6.04 Å². The summed E-state index contributed by atoms with van der Waals surface area (Å²) >= 11 is 0. The highest BCUT2D eigenvalue weighted by molar-refractivity contribution is 5.43. The highest BCUT2D eigenvalue weighted by Crippen LogP contribution is 2.29. The average Bonchev–Trinajstić information content (AvgIpc) is 2.51. The Kier molecular flexibility index (Phi) is 7.50. The Morgan fingerprint density at radius 1 is 1.14 bits per heavy atom. The van der Waals surface area contributed by atoms with Crippen LogP contribution in [0.25, 0.3) is 0 Å². The molecule has 1 aromatic rings. The molecule has 0 fully saturated rings. The predicted molar refractivity (Wildman–Crippen MR) is 85.1 cm³/mol. The molecule has 5 nitrogen and oxygen atoms in total. The van der Waals surface area contributed by atoms with Crippen molar-refractivity contribution in [2.75, 3.05) is 41.0 Å². The first kappa shape index (κ1) is 17.8. The maximum absolute atomic E-state index is 6.34. The van der Waals surface area contributed by atoms with Crippen molar-refractivity contribution in [3.8, 4) is 11.5 Å². The molecule has 0 aromatic heterocycles. The lowest BCUT2D eigenvalue weighted by molar-refractivity contribution is 0.0986. The Labute approximate surface area is 128 Å². The second kappa shape index (κ2) is 8.87. The van der Waals surface area contributed by atoms with Crippen molar-refractivity contribution in [3.05, 3.63) is 23.8 Å². The number of nitrogens with two attached hydrogens (primary N) is 1. The zero-order valence-corrected chi connectivity index (χ0v) is 13.8. The topological polar surface area (TPSA) is 57.0 Å². The summed E-state index contributed by atoms with van der Waals surface area (Å²) in [7, 11) is 4.98. The quantitative estimate of drug-likeness (QED) is 0.756. The van der Waals surface area contributed by atoms with Gasteiger partial charge in [-0.25, -0.2) is 0 Å². The predicted octanol–water partition coefficient (Wildman–Crippen LogP) is 2.06. The van der Waals surface area contributed by atoms with E-state index in [0.717, 1.165) is 18.7 Å². The molecule has 0 saturated carbocycles. The summed E-state index contributed by atoms with van der Waals surface area (Å²) in [6, 6.07) is 6.08. The summed E-state index contributed by atoms with van der Waals surface area (Å²) in [5.74, 6) is 1.42. The summed E-state index contributed by atoms with van der Waals surface area (Å²) in [6.45, 7) is 6.69. The van der Waals surface area contributed by atoms with Crippen LogP contribution in [0.2, 0.25) is 0 Å². The number of hydrogen-bond donors (Lipinski definition) is 1. The first-order valence-electron chi connectivity index (χ1n) is 7.27. The van der Waals surface area contributed by atoms with Gasteiger partial charge in [0.15, 0.2) is 11.5 Å². The van der Waals surface area contributed by atoms with Crippen LogP contribution in [-0.2, 0) is 4.74 Å². The smallest absolute Gasteiger partial charge is 0.161 e. The average molecular weight is 296 g/mol. The second-order valence-corrected chi connectivity index (χ2v) is 5.11. The van der Waals surface area contributed by atoms with Gasteiger partial charge in [-0.15, -0.1) is 0 Å². The van der Waals surface area contributed by atoms with Crippen LogP contribution in [0, 0.1) is 0 Å². The Balaban J connectivity index is 2.80. The zero-order chi connectivity index (χ0) is 15.8. The first-order valence-corrected chi connectivity index (χ1v) is 7.27. The standard InChI is InChI=1S/C16H28N2O3/c1-6-18(12(2)11-19-3)10-14(17)13-7-8-15(20-4)16(9-13)21-5/h7-9,12,14H,6,10-11,17H2,1-5H3. The zero-order valence-electron chi connectivity index (χ0n) is 13.8. The lowest BCUT2D eigenvalue weighted by Crippen LogP contribution is -2.40. The third kappa shape index (κ3) is 4.88. The summed E-state index contributed by atoms with van der Waals surface area (Å²) in [5.41, 5.74) is 7.38. The van der Waals surface area contributed by atoms with Crippen molar-refractivity contribution >= 4 is 0 Å². The summed E-state index contributed by atoms with van der Waals surface area (Å²) in [5, 5.41) is 0. The number of ether oxygens (including phenoxy) is 3. The molecule has 2 N–H and O–H groups in total. The van der Waals surface area contributed by atoms with Crippen LogP contribution in [0.1, 0.15) is 25.5 Å². The lowest BCUT2D eigenvalue weighted by atomic mass is 10.1. The first-order chi connectivity index (χ1) is 10.1. The molecule has 0 saturated heterocycles. The van der Waals surface area contributed by atoms with Crippen LogP contribution in [0.5, 0.6) is 11.5 Å².